The first-order chi connectivity index (χ1) is 10.2. The number of ether oxygens (including phenoxy) is 1. The summed E-state index contributed by atoms with van der Waals surface area (Å²) in [5, 5.41) is 4.14. The van der Waals surface area contributed by atoms with Gasteiger partial charge in [0.05, 0.1) is 30.6 Å². The minimum absolute atomic E-state index is 0.0935. The van der Waals surface area contributed by atoms with Gasteiger partial charge < -0.3 is 4.74 Å². The van der Waals surface area contributed by atoms with Crippen LogP contribution in [0.25, 0.3) is 0 Å². The zero-order chi connectivity index (χ0) is 16.3. The molecule has 2 rings (SSSR count). The SMILES string of the molecule is CC(C)(C)OC(=O)N1C/C(=N/Nc2ccc(Br)nc2)CC1=O. The molecule has 22 heavy (non-hydrogen) atoms. The Morgan fingerprint density at radius 2 is 2.18 bits per heavy atom. The third-order valence-electron chi connectivity index (χ3n) is 2.68. The number of carbonyl (C=O) groups is 2. The smallest absolute Gasteiger partial charge is 0.417 e. The van der Waals surface area contributed by atoms with Crippen LogP contribution in [0.4, 0.5) is 10.5 Å². The first-order valence-corrected chi connectivity index (χ1v) is 7.50. The molecule has 1 N–H and O–H groups in total. The Balaban J connectivity index is 1.98. The number of aromatic nitrogens is 1. The van der Waals surface area contributed by atoms with Gasteiger partial charge in [-0.05, 0) is 48.8 Å². The lowest BCUT2D eigenvalue weighted by molar-refractivity contribution is -0.126. The fourth-order valence-electron chi connectivity index (χ4n) is 1.74. The van der Waals surface area contributed by atoms with Crippen molar-refractivity contribution in [2.24, 2.45) is 5.10 Å². The summed E-state index contributed by atoms with van der Waals surface area (Å²) >= 11 is 3.24. The van der Waals surface area contributed by atoms with Crippen LogP contribution in [-0.2, 0) is 9.53 Å². The van der Waals surface area contributed by atoms with Gasteiger partial charge in [0.25, 0.3) is 0 Å². The molecule has 1 aliphatic heterocycles. The normalized spacial score (nSPS) is 17.0. The zero-order valence-electron chi connectivity index (χ0n) is 12.6. The topological polar surface area (TPSA) is 83.9 Å². The van der Waals surface area contributed by atoms with E-state index < -0.39 is 11.7 Å². The number of halogens is 1. The van der Waals surface area contributed by atoms with Crippen molar-refractivity contribution in [2.45, 2.75) is 32.8 Å². The number of amides is 2. The summed E-state index contributed by atoms with van der Waals surface area (Å²) in [5.74, 6) is -0.316. The van der Waals surface area contributed by atoms with Crippen LogP contribution in [-0.4, -0.2) is 39.7 Å². The van der Waals surface area contributed by atoms with Gasteiger partial charge in [0.15, 0.2) is 0 Å². The number of likely N-dealkylation sites (tertiary alicyclic amines) is 1. The predicted octanol–water partition coefficient (Wildman–Crippen LogP) is 2.78. The zero-order valence-corrected chi connectivity index (χ0v) is 14.2. The first kappa shape index (κ1) is 16.4. The summed E-state index contributed by atoms with van der Waals surface area (Å²) in [6.45, 7) is 5.39. The molecule has 0 saturated carbocycles. The lowest BCUT2D eigenvalue weighted by Crippen LogP contribution is -2.37. The first-order valence-electron chi connectivity index (χ1n) is 6.71. The molecule has 0 aromatic carbocycles. The molecule has 1 fully saturated rings. The van der Waals surface area contributed by atoms with E-state index in [9.17, 15) is 9.59 Å². The molecule has 0 radical (unpaired) electrons. The molecule has 1 saturated heterocycles. The summed E-state index contributed by atoms with van der Waals surface area (Å²) in [6.07, 6.45) is 1.06. The molecule has 7 nitrogen and oxygen atoms in total. The van der Waals surface area contributed by atoms with Crippen molar-refractivity contribution in [3.8, 4) is 0 Å². The number of rotatable bonds is 2. The maximum atomic E-state index is 11.9. The van der Waals surface area contributed by atoms with Gasteiger partial charge in [0.1, 0.15) is 10.2 Å². The molecule has 2 amide bonds. The fraction of sp³-hybridized carbons (Fsp3) is 0.429. The van der Waals surface area contributed by atoms with Gasteiger partial charge in [-0.15, -0.1) is 0 Å². The number of hydrazone groups is 1. The molecule has 0 bridgehead atoms. The molecule has 0 spiro atoms. The Morgan fingerprint density at radius 1 is 1.45 bits per heavy atom. The maximum absolute atomic E-state index is 11.9. The highest BCUT2D eigenvalue weighted by Gasteiger charge is 2.34. The van der Waals surface area contributed by atoms with Crippen molar-refractivity contribution in [3.05, 3.63) is 22.9 Å². The second-order valence-corrected chi connectivity index (χ2v) is 6.61. The van der Waals surface area contributed by atoms with Crippen molar-refractivity contribution in [1.29, 1.82) is 0 Å². The summed E-state index contributed by atoms with van der Waals surface area (Å²) in [4.78, 5) is 28.9. The van der Waals surface area contributed by atoms with E-state index in [1.807, 2.05) is 0 Å². The molecular weight excluding hydrogens is 352 g/mol. The summed E-state index contributed by atoms with van der Waals surface area (Å²) in [5.41, 5.74) is 3.44. The number of nitrogens with zero attached hydrogens (tertiary/aromatic N) is 3. The minimum Gasteiger partial charge on any atom is -0.443 e. The highest BCUT2D eigenvalue weighted by molar-refractivity contribution is 9.10. The van der Waals surface area contributed by atoms with E-state index in [0.29, 0.717) is 11.4 Å². The van der Waals surface area contributed by atoms with Crippen molar-refractivity contribution < 1.29 is 14.3 Å². The van der Waals surface area contributed by atoms with E-state index in [4.69, 9.17) is 4.74 Å². The third kappa shape index (κ3) is 4.52. The van der Waals surface area contributed by atoms with E-state index >= 15 is 0 Å². The van der Waals surface area contributed by atoms with E-state index in [1.54, 1.807) is 39.1 Å². The lowest BCUT2D eigenvalue weighted by Gasteiger charge is -2.22. The van der Waals surface area contributed by atoms with Gasteiger partial charge in [0.2, 0.25) is 5.91 Å². The summed E-state index contributed by atoms with van der Waals surface area (Å²) in [7, 11) is 0. The second kappa shape index (κ2) is 6.43. The number of carbonyl (C=O) groups excluding carboxylic acids is 2. The van der Waals surface area contributed by atoms with Gasteiger partial charge in [-0.25, -0.2) is 14.7 Å². The Bertz CT molecular complexity index is 608. The van der Waals surface area contributed by atoms with Crippen LogP contribution in [0.3, 0.4) is 0 Å². The Hall–Kier alpha value is -1.96. The van der Waals surface area contributed by atoms with Gasteiger partial charge in [-0.1, -0.05) is 0 Å². The monoisotopic (exact) mass is 368 g/mol. The highest BCUT2D eigenvalue weighted by atomic mass is 79.9. The van der Waals surface area contributed by atoms with Crippen molar-refractivity contribution in [2.75, 3.05) is 12.0 Å². The molecule has 0 atom stereocenters. The Kier molecular flexibility index (Phi) is 4.80. The van der Waals surface area contributed by atoms with E-state index in [2.05, 4.69) is 31.4 Å². The van der Waals surface area contributed by atoms with E-state index in [-0.39, 0.29) is 18.9 Å². The number of imide groups is 1. The molecular formula is C14H17BrN4O3. The number of nitrogens with one attached hydrogen (secondary N) is 1. The van der Waals surface area contributed by atoms with Crippen LogP contribution >= 0.6 is 15.9 Å². The van der Waals surface area contributed by atoms with E-state index in [0.717, 1.165) is 9.50 Å². The van der Waals surface area contributed by atoms with E-state index in [1.165, 1.54) is 0 Å². The number of anilines is 1. The van der Waals surface area contributed by atoms with Crippen LogP contribution in [0.15, 0.2) is 28.0 Å². The van der Waals surface area contributed by atoms with Crippen LogP contribution in [0.1, 0.15) is 27.2 Å². The molecule has 8 heteroatoms. The Morgan fingerprint density at radius 3 is 2.77 bits per heavy atom. The highest BCUT2D eigenvalue weighted by Crippen LogP contribution is 2.16. The average molecular weight is 369 g/mol. The van der Waals surface area contributed by atoms with Crippen LogP contribution in [0.5, 0.6) is 0 Å². The van der Waals surface area contributed by atoms with Gasteiger partial charge >= 0.3 is 6.09 Å². The second-order valence-electron chi connectivity index (χ2n) is 5.80. The minimum atomic E-state index is -0.645. The fourth-order valence-corrected chi connectivity index (χ4v) is 1.97. The standard InChI is InChI=1S/C14H17BrN4O3/c1-14(2,3)22-13(21)19-8-10(6-12(19)20)18-17-9-4-5-11(15)16-7-9/h4-5,7,17H,6,8H2,1-3H3/b18-10+. The number of hydrogen-bond donors (Lipinski definition) is 1. The van der Waals surface area contributed by atoms with Gasteiger partial charge in [0, 0.05) is 0 Å². The maximum Gasteiger partial charge on any atom is 0.417 e. The molecule has 1 aromatic heterocycles. The summed E-state index contributed by atoms with van der Waals surface area (Å²) in [6, 6.07) is 3.57. The van der Waals surface area contributed by atoms with Gasteiger partial charge in [-0.3, -0.25) is 10.2 Å². The predicted molar refractivity (Wildman–Crippen MR) is 85.6 cm³/mol. The molecule has 118 valence electrons. The van der Waals surface area contributed by atoms with Crippen LogP contribution in [0, 0.1) is 0 Å². The number of hydrogen-bond acceptors (Lipinski definition) is 6. The van der Waals surface area contributed by atoms with Crippen LogP contribution < -0.4 is 5.43 Å². The van der Waals surface area contributed by atoms with Crippen molar-refractivity contribution in [1.82, 2.24) is 9.88 Å². The largest absolute Gasteiger partial charge is 0.443 e. The number of pyridine rings is 1. The Labute approximate surface area is 136 Å². The summed E-state index contributed by atoms with van der Waals surface area (Å²) < 4.78 is 5.91. The van der Waals surface area contributed by atoms with Gasteiger partial charge in [-0.2, -0.15) is 5.10 Å². The lowest BCUT2D eigenvalue weighted by atomic mass is 10.2. The third-order valence-corrected chi connectivity index (χ3v) is 3.15. The molecule has 2 heterocycles. The quantitative estimate of drug-likeness (QED) is 0.640. The molecule has 0 unspecified atom stereocenters. The van der Waals surface area contributed by atoms with Crippen molar-refractivity contribution in [3.63, 3.8) is 0 Å². The molecule has 1 aromatic rings. The van der Waals surface area contributed by atoms with Crippen LogP contribution in [0.2, 0.25) is 0 Å². The average Bonchev–Trinajstić information content (AvgIpc) is 2.77. The molecule has 1 aliphatic rings. The molecule has 0 aliphatic carbocycles. The van der Waals surface area contributed by atoms with Crippen molar-refractivity contribution >= 4 is 39.3 Å².